The Balaban J connectivity index is 1.60. The normalized spacial score (nSPS) is 40.1. The Bertz CT molecular complexity index is 343. The van der Waals surface area contributed by atoms with Crippen molar-refractivity contribution in [1.82, 2.24) is 5.48 Å². The van der Waals surface area contributed by atoms with Gasteiger partial charge in [-0.15, -0.1) is 11.8 Å². The molecule has 1 saturated heterocycles. The first-order valence-electron chi connectivity index (χ1n) is 6.55. The van der Waals surface area contributed by atoms with Crippen molar-refractivity contribution in [2.45, 2.75) is 55.9 Å². The molecule has 6 heteroatoms. The minimum absolute atomic E-state index is 0.0656. The molecule has 0 radical (unpaired) electrons. The van der Waals surface area contributed by atoms with Gasteiger partial charge < -0.3 is 14.9 Å². The average Bonchev–Trinajstić information content (AvgIpc) is 2.43. The highest BCUT2D eigenvalue weighted by molar-refractivity contribution is 8.03. The number of hydrogen-bond donors (Lipinski definition) is 3. The molecule has 3 N–H and O–H groups in total. The van der Waals surface area contributed by atoms with Gasteiger partial charge in [0.25, 0.3) is 0 Å². The van der Waals surface area contributed by atoms with E-state index < -0.39 is 12.2 Å². The second-order valence-corrected chi connectivity index (χ2v) is 6.25. The molecule has 0 aromatic carbocycles. The molecular weight excluding hydrogens is 254 g/mol. The van der Waals surface area contributed by atoms with Crippen LogP contribution in [0.15, 0.2) is 10.6 Å². The van der Waals surface area contributed by atoms with Crippen LogP contribution in [0.1, 0.15) is 32.1 Å². The van der Waals surface area contributed by atoms with E-state index in [1.54, 1.807) is 11.8 Å². The molecule has 18 heavy (non-hydrogen) atoms. The van der Waals surface area contributed by atoms with Crippen LogP contribution in [-0.4, -0.2) is 40.6 Å². The van der Waals surface area contributed by atoms with Crippen molar-refractivity contribution >= 4 is 11.8 Å². The van der Waals surface area contributed by atoms with E-state index in [9.17, 15) is 10.2 Å². The Morgan fingerprint density at radius 1 is 1.28 bits per heavy atom. The summed E-state index contributed by atoms with van der Waals surface area (Å²) in [5.41, 5.74) is 3.79. The fourth-order valence-corrected chi connectivity index (χ4v) is 3.94. The van der Waals surface area contributed by atoms with Gasteiger partial charge in [0.1, 0.15) is 6.10 Å². The van der Waals surface area contributed by atoms with Crippen molar-refractivity contribution in [2.75, 3.05) is 6.61 Å². The largest absolute Gasteiger partial charge is 0.389 e. The fraction of sp³-hybridized carbons (Fsp3) is 0.833. The van der Waals surface area contributed by atoms with E-state index in [1.807, 2.05) is 0 Å². The minimum atomic E-state index is -0.747. The molecule has 3 heterocycles. The summed E-state index contributed by atoms with van der Waals surface area (Å²) < 4.78 is 5.47. The molecule has 1 aliphatic carbocycles. The van der Waals surface area contributed by atoms with Crippen LogP contribution in [0.5, 0.6) is 0 Å². The molecule has 1 saturated carbocycles. The van der Waals surface area contributed by atoms with E-state index in [0.29, 0.717) is 0 Å². The monoisotopic (exact) mass is 273 g/mol. The lowest BCUT2D eigenvalue weighted by Crippen LogP contribution is -2.46. The van der Waals surface area contributed by atoms with Crippen LogP contribution in [0.2, 0.25) is 0 Å². The Hall–Kier alpha value is -0.270. The molecular formula is C12H19NO4S. The molecule has 3 aliphatic heterocycles. The number of aliphatic hydroxyl groups excluding tert-OH is 2. The first kappa shape index (κ1) is 12.7. The van der Waals surface area contributed by atoms with Gasteiger partial charge >= 0.3 is 0 Å². The summed E-state index contributed by atoms with van der Waals surface area (Å²) in [4.78, 5) is 5.51. The van der Waals surface area contributed by atoms with Crippen LogP contribution in [0.25, 0.3) is 0 Å². The standard InChI is InChI=1S/C12H19NO4S/c14-10-7-4-5-8(11(10)15)18-12(7)13-17-9-3-1-2-6-16-9/h8-11,13-15H,1-6H2. The van der Waals surface area contributed by atoms with E-state index in [1.165, 1.54) is 0 Å². The molecule has 4 rings (SSSR count). The zero-order chi connectivity index (χ0) is 12.5. The molecule has 4 aliphatic rings. The second-order valence-electron chi connectivity index (χ2n) is 5.00. The number of ether oxygens (including phenoxy) is 1. The van der Waals surface area contributed by atoms with Crippen LogP contribution < -0.4 is 5.48 Å². The number of rotatable bonds is 3. The van der Waals surface area contributed by atoms with Gasteiger partial charge in [-0.1, -0.05) is 0 Å². The topological polar surface area (TPSA) is 71.0 Å². The molecule has 0 aromatic rings. The predicted molar refractivity (Wildman–Crippen MR) is 67.5 cm³/mol. The maximum absolute atomic E-state index is 9.93. The Labute approximate surface area is 110 Å². The summed E-state index contributed by atoms with van der Waals surface area (Å²) in [6.07, 6.45) is 3.27. The van der Waals surface area contributed by atoms with Crippen LogP contribution in [0.3, 0.4) is 0 Å². The summed E-state index contributed by atoms with van der Waals surface area (Å²) >= 11 is 1.56. The highest BCUT2D eigenvalue weighted by atomic mass is 32.2. The van der Waals surface area contributed by atoms with E-state index in [-0.39, 0.29) is 11.5 Å². The quantitative estimate of drug-likeness (QED) is 0.663. The molecule has 4 unspecified atom stereocenters. The molecule has 0 spiro atoms. The van der Waals surface area contributed by atoms with Crippen LogP contribution in [0.4, 0.5) is 0 Å². The van der Waals surface area contributed by atoms with Gasteiger partial charge in [-0.05, 0) is 31.3 Å². The zero-order valence-electron chi connectivity index (χ0n) is 10.2. The molecule has 4 atom stereocenters. The van der Waals surface area contributed by atoms with Crippen LogP contribution in [-0.2, 0) is 9.57 Å². The summed E-state index contributed by atoms with van der Waals surface area (Å²) in [5.74, 6) is 0. The van der Waals surface area contributed by atoms with E-state index in [4.69, 9.17) is 9.57 Å². The van der Waals surface area contributed by atoms with Crippen molar-refractivity contribution in [3.05, 3.63) is 10.6 Å². The molecule has 0 amide bonds. The average molecular weight is 273 g/mol. The molecule has 5 nitrogen and oxygen atoms in total. The van der Waals surface area contributed by atoms with Crippen molar-refractivity contribution in [3.8, 4) is 0 Å². The van der Waals surface area contributed by atoms with Gasteiger partial charge in [0, 0.05) is 18.3 Å². The summed E-state index contributed by atoms with van der Waals surface area (Å²) in [7, 11) is 0. The number of thioether (sulfide) groups is 1. The molecule has 2 fully saturated rings. The number of aliphatic hydroxyl groups is 2. The van der Waals surface area contributed by atoms with Gasteiger partial charge in [0.05, 0.1) is 11.1 Å². The van der Waals surface area contributed by atoms with Gasteiger partial charge in [-0.3, -0.25) is 5.48 Å². The fourth-order valence-electron chi connectivity index (χ4n) is 2.64. The summed E-state index contributed by atoms with van der Waals surface area (Å²) in [6.45, 7) is 0.745. The van der Waals surface area contributed by atoms with Crippen molar-refractivity contribution in [2.24, 2.45) is 0 Å². The predicted octanol–water partition coefficient (Wildman–Crippen LogP) is 0.877. The van der Waals surface area contributed by atoms with Crippen LogP contribution in [0, 0.1) is 0 Å². The van der Waals surface area contributed by atoms with Crippen molar-refractivity contribution < 1.29 is 19.8 Å². The summed E-state index contributed by atoms with van der Waals surface area (Å²) in [5, 5.41) is 20.7. The highest BCUT2D eigenvalue weighted by Gasteiger charge is 2.41. The Kier molecular flexibility index (Phi) is 3.81. The Morgan fingerprint density at radius 2 is 2.17 bits per heavy atom. The summed E-state index contributed by atoms with van der Waals surface area (Å²) in [6, 6.07) is 0. The smallest absolute Gasteiger partial charge is 0.183 e. The molecule has 102 valence electrons. The highest BCUT2D eigenvalue weighted by Crippen LogP contribution is 2.44. The maximum Gasteiger partial charge on any atom is 0.183 e. The van der Waals surface area contributed by atoms with Crippen molar-refractivity contribution in [1.29, 1.82) is 0 Å². The van der Waals surface area contributed by atoms with Gasteiger partial charge in [0.2, 0.25) is 0 Å². The van der Waals surface area contributed by atoms with Gasteiger partial charge in [-0.2, -0.15) is 0 Å². The number of nitrogens with one attached hydrogen (secondary N) is 1. The molecule has 2 bridgehead atoms. The van der Waals surface area contributed by atoms with E-state index >= 15 is 0 Å². The third kappa shape index (κ3) is 2.40. The maximum atomic E-state index is 9.93. The Morgan fingerprint density at radius 3 is 2.89 bits per heavy atom. The third-order valence-electron chi connectivity index (χ3n) is 3.74. The lowest BCUT2D eigenvalue weighted by atomic mass is 9.89. The first-order valence-corrected chi connectivity index (χ1v) is 7.43. The number of hydrogen-bond acceptors (Lipinski definition) is 6. The second kappa shape index (κ2) is 5.38. The molecule has 0 aromatic heterocycles. The van der Waals surface area contributed by atoms with E-state index in [2.05, 4.69) is 5.48 Å². The number of hydroxylamine groups is 1. The lowest BCUT2D eigenvalue weighted by molar-refractivity contribution is -0.188. The van der Waals surface area contributed by atoms with Crippen LogP contribution >= 0.6 is 11.8 Å². The number of fused-ring (bicyclic) bond motifs is 3. The van der Waals surface area contributed by atoms with E-state index in [0.717, 1.165) is 49.3 Å². The third-order valence-corrected chi connectivity index (χ3v) is 5.14. The van der Waals surface area contributed by atoms with Gasteiger partial charge in [-0.25, -0.2) is 4.84 Å². The zero-order valence-corrected chi connectivity index (χ0v) is 11.0. The lowest BCUT2D eigenvalue weighted by Gasteiger charge is -2.40. The first-order chi connectivity index (χ1) is 8.75. The van der Waals surface area contributed by atoms with Gasteiger partial charge in [0.15, 0.2) is 6.29 Å². The SMILES string of the molecule is OC1C2=C(NOC3CCCCO3)SC(CC2)C1O. The van der Waals surface area contributed by atoms with Crippen molar-refractivity contribution in [3.63, 3.8) is 0 Å². The minimum Gasteiger partial charge on any atom is -0.389 e.